The van der Waals surface area contributed by atoms with Gasteiger partial charge in [0, 0.05) is 13.0 Å². The zero-order chi connectivity index (χ0) is 37.5. The summed E-state index contributed by atoms with van der Waals surface area (Å²) >= 11 is 0. The van der Waals surface area contributed by atoms with Gasteiger partial charge >= 0.3 is 7.82 Å². The highest BCUT2D eigenvalue weighted by atomic mass is 31.2. The van der Waals surface area contributed by atoms with E-state index in [-0.39, 0.29) is 25.7 Å². The van der Waals surface area contributed by atoms with Gasteiger partial charge in [-0.1, -0.05) is 172 Å². The van der Waals surface area contributed by atoms with Crippen LogP contribution in [0.1, 0.15) is 181 Å². The summed E-state index contributed by atoms with van der Waals surface area (Å²) in [4.78, 5) is 22.7. The summed E-state index contributed by atoms with van der Waals surface area (Å²) in [6.45, 7) is 4.07. The standard InChI is InChI=1S/C42H79N2O6P/c1-3-5-7-9-11-13-15-17-18-19-20-21-22-24-26-28-30-32-34-36-42(46)44-40(39-50-51(47,48)49-38-37-43)41(45)35-33-31-29-27-25-23-16-14-12-10-8-6-4-2/h5,7,11,13,17-18,20-21,40-41,45H,3-4,6,8-10,12,14-16,19,22-39,43H2,1-2H3,(H,44,46)(H,47,48)/b7-5-,13-11-,18-17-,21-20-. The molecule has 1 amide bonds. The van der Waals surface area contributed by atoms with E-state index in [2.05, 4.69) is 67.8 Å². The van der Waals surface area contributed by atoms with Crippen LogP contribution in [0.5, 0.6) is 0 Å². The molecule has 0 radical (unpaired) electrons. The molecule has 3 unspecified atom stereocenters. The van der Waals surface area contributed by atoms with E-state index in [1.54, 1.807) is 0 Å². The van der Waals surface area contributed by atoms with E-state index in [0.717, 1.165) is 77.0 Å². The number of carbonyl (C=O) groups excluding carboxylic acids is 1. The Morgan fingerprint density at radius 3 is 1.67 bits per heavy atom. The molecule has 0 aliphatic carbocycles. The first kappa shape index (κ1) is 49.5. The lowest BCUT2D eigenvalue weighted by Crippen LogP contribution is -2.46. The second-order valence-corrected chi connectivity index (χ2v) is 15.3. The molecule has 0 fully saturated rings. The smallest absolute Gasteiger partial charge is 0.391 e. The highest BCUT2D eigenvalue weighted by Crippen LogP contribution is 2.43. The molecule has 0 aromatic rings. The molecule has 0 heterocycles. The normalized spacial score (nSPS) is 14.7. The van der Waals surface area contributed by atoms with Crippen LogP contribution in [0.25, 0.3) is 0 Å². The largest absolute Gasteiger partial charge is 0.472 e. The van der Waals surface area contributed by atoms with Crippen molar-refractivity contribution < 1.29 is 28.4 Å². The van der Waals surface area contributed by atoms with Crippen molar-refractivity contribution in [1.29, 1.82) is 0 Å². The van der Waals surface area contributed by atoms with Gasteiger partial charge in [0.25, 0.3) is 0 Å². The SMILES string of the molecule is CC/C=C\C/C=C\C/C=C\C/C=C\CCCCCCCCC(=O)NC(COP(=O)(O)OCCN)C(O)CCCCCCCCCCCCCCC. The van der Waals surface area contributed by atoms with Crippen molar-refractivity contribution in [3.63, 3.8) is 0 Å². The van der Waals surface area contributed by atoms with E-state index in [1.165, 1.54) is 77.0 Å². The summed E-state index contributed by atoms with van der Waals surface area (Å²) in [6.07, 6.45) is 45.4. The second-order valence-electron chi connectivity index (χ2n) is 13.8. The Balaban J connectivity index is 4.22. The van der Waals surface area contributed by atoms with Crippen LogP contribution in [0.2, 0.25) is 0 Å². The number of aliphatic hydroxyl groups excluding tert-OH is 1. The number of nitrogens with one attached hydrogen (secondary N) is 1. The van der Waals surface area contributed by atoms with E-state index >= 15 is 0 Å². The van der Waals surface area contributed by atoms with Crippen LogP contribution in [0, 0.1) is 0 Å². The molecule has 5 N–H and O–H groups in total. The molecular formula is C42H79N2O6P. The first-order chi connectivity index (χ1) is 24.9. The van der Waals surface area contributed by atoms with Gasteiger partial charge in [0.05, 0.1) is 25.4 Å². The lowest BCUT2D eigenvalue weighted by molar-refractivity contribution is -0.123. The fourth-order valence-electron chi connectivity index (χ4n) is 5.83. The zero-order valence-electron chi connectivity index (χ0n) is 32.8. The first-order valence-electron chi connectivity index (χ1n) is 20.8. The van der Waals surface area contributed by atoms with Gasteiger partial charge in [0.15, 0.2) is 0 Å². The van der Waals surface area contributed by atoms with Crippen LogP contribution in [-0.2, 0) is 18.4 Å². The number of rotatable bonds is 38. The number of phosphoric ester groups is 1. The van der Waals surface area contributed by atoms with Gasteiger partial charge in [-0.3, -0.25) is 13.8 Å². The predicted molar refractivity (Wildman–Crippen MR) is 217 cm³/mol. The maximum Gasteiger partial charge on any atom is 0.472 e. The molecule has 0 saturated carbocycles. The van der Waals surface area contributed by atoms with E-state index < -0.39 is 20.0 Å². The van der Waals surface area contributed by atoms with E-state index in [0.29, 0.717) is 12.8 Å². The quantitative estimate of drug-likeness (QED) is 0.0282. The van der Waals surface area contributed by atoms with Crippen molar-refractivity contribution in [3.05, 3.63) is 48.6 Å². The molecule has 0 saturated heterocycles. The van der Waals surface area contributed by atoms with Gasteiger partial charge < -0.3 is 21.1 Å². The van der Waals surface area contributed by atoms with E-state index in [9.17, 15) is 19.4 Å². The van der Waals surface area contributed by atoms with Crippen molar-refractivity contribution in [2.24, 2.45) is 5.73 Å². The maximum absolute atomic E-state index is 12.8. The average Bonchev–Trinajstić information content (AvgIpc) is 3.12. The second kappa shape index (κ2) is 38.2. The molecule has 0 bridgehead atoms. The molecule has 0 aromatic carbocycles. The Hall–Kier alpha value is -1.54. The Kier molecular flexibility index (Phi) is 37.0. The highest BCUT2D eigenvalue weighted by molar-refractivity contribution is 7.47. The van der Waals surface area contributed by atoms with Crippen molar-refractivity contribution >= 4 is 13.7 Å². The third kappa shape index (κ3) is 36.6. The Bertz CT molecular complexity index is 938. The van der Waals surface area contributed by atoms with Crippen molar-refractivity contribution in [2.45, 2.75) is 193 Å². The monoisotopic (exact) mass is 739 g/mol. The van der Waals surface area contributed by atoms with Gasteiger partial charge in [-0.05, 0) is 51.4 Å². The number of hydrogen-bond donors (Lipinski definition) is 4. The topological polar surface area (TPSA) is 131 Å². The molecule has 0 aromatic heterocycles. The number of unbranched alkanes of at least 4 members (excludes halogenated alkanes) is 18. The molecule has 8 nitrogen and oxygen atoms in total. The first-order valence-corrected chi connectivity index (χ1v) is 22.2. The molecular weight excluding hydrogens is 659 g/mol. The minimum absolute atomic E-state index is 0.0844. The fourth-order valence-corrected chi connectivity index (χ4v) is 6.59. The van der Waals surface area contributed by atoms with Crippen LogP contribution < -0.4 is 11.1 Å². The maximum atomic E-state index is 12.8. The summed E-state index contributed by atoms with van der Waals surface area (Å²) in [7, 11) is -4.32. The summed E-state index contributed by atoms with van der Waals surface area (Å²) in [5, 5.41) is 13.8. The molecule has 0 spiro atoms. The third-order valence-electron chi connectivity index (χ3n) is 8.95. The number of nitrogens with two attached hydrogens (primary N) is 1. The van der Waals surface area contributed by atoms with Crippen LogP contribution in [0.15, 0.2) is 48.6 Å². The highest BCUT2D eigenvalue weighted by Gasteiger charge is 2.27. The van der Waals surface area contributed by atoms with E-state index in [1.807, 2.05) is 0 Å². The van der Waals surface area contributed by atoms with Gasteiger partial charge in [-0.25, -0.2) is 4.57 Å². The summed E-state index contributed by atoms with van der Waals surface area (Å²) in [6, 6.07) is -0.782. The van der Waals surface area contributed by atoms with Gasteiger partial charge in [-0.2, -0.15) is 0 Å². The average molecular weight is 739 g/mol. The number of phosphoric acid groups is 1. The van der Waals surface area contributed by atoms with E-state index in [4.69, 9.17) is 14.8 Å². The van der Waals surface area contributed by atoms with Crippen LogP contribution >= 0.6 is 7.82 Å². The predicted octanol–water partition coefficient (Wildman–Crippen LogP) is 11.3. The zero-order valence-corrected chi connectivity index (χ0v) is 33.7. The molecule has 0 aliphatic heterocycles. The molecule has 3 atom stereocenters. The molecule has 0 aliphatic rings. The minimum atomic E-state index is -4.32. The molecule has 9 heteroatoms. The minimum Gasteiger partial charge on any atom is -0.391 e. The Morgan fingerprint density at radius 2 is 1.14 bits per heavy atom. The number of hydrogen-bond acceptors (Lipinski definition) is 6. The Morgan fingerprint density at radius 1 is 0.667 bits per heavy atom. The summed E-state index contributed by atoms with van der Waals surface area (Å²) in [5.41, 5.74) is 5.37. The fraction of sp³-hybridized carbons (Fsp3) is 0.786. The molecule has 0 rings (SSSR count). The summed E-state index contributed by atoms with van der Waals surface area (Å²) < 4.78 is 22.1. The van der Waals surface area contributed by atoms with Crippen LogP contribution in [0.3, 0.4) is 0 Å². The molecule has 298 valence electrons. The number of amides is 1. The van der Waals surface area contributed by atoms with Crippen LogP contribution in [-0.4, -0.2) is 47.8 Å². The lowest BCUT2D eigenvalue weighted by Gasteiger charge is -2.25. The van der Waals surface area contributed by atoms with Crippen LogP contribution in [0.4, 0.5) is 0 Å². The number of carbonyl (C=O) groups is 1. The Labute approximate surface area is 313 Å². The lowest BCUT2D eigenvalue weighted by atomic mass is 10.0. The summed E-state index contributed by atoms with van der Waals surface area (Å²) in [5.74, 6) is -0.178. The third-order valence-corrected chi connectivity index (χ3v) is 9.93. The number of allylic oxidation sites excluding steroid dienone is 8. The number of aliphatic hydroxyl groups is 1. The van der Waals surface area contributed by atoms with Crippen molar-refractivity contribution in [1.82, 2.24) is 5.32 Å². The van der Waals surface area contributed by atoms with Crippen molar-refractivity contribution in [2.75, 3.05) is 19.8 Å². The van der Waals surface area contributed by atoms with Gasteiger partial charge in [0.2, 0.25) is 5.91 Å². The van der Waals surface area contributed by atoms with Gasteiger partial charge in [-0.15, -0.1) is 0 Å². The van der Waals surface area contributed by atoms with Crippen molar-refractivity contribution in [3.8, 4) is 0 Å². The van der Waals surface area contributed by atoms with Gasteiger partial charge in [0.1, 0.15) is 0 Å². The molecule has 51 heavy (non-hydrogen) atoms.